The number of hydrogen-bond donors (Lipinski definition) is 0. The molecule has 1 fully saturated rings. The van der Waals surface area contributed by atoms with E-state index >= 15 is 0 Å². The van der Waals surface area contributed by atoms with Gasteiger partial charge in [-0.25, -0.2) is 8.78 Å². The first-order valence-electron chi connectivity index (χ1n) is 9.41. The van der Waals surface area contributed by atoms with Crippen LogP contribution in [0.2, 0.25) is 0 Å². The highest BCUT2D eigenvalue weighted by atomic mass is 19.1. The Kier molecular flexibility index (Phi) is 6.98. The standard InChI is InChI=1S/C22H24F2O4/c1-26-22(25)16-7-9-18(10-8-16)28-21-11-17(19(23)12-20(21)24)14-27-13-15-5-3-2-4-6-15/h2-6,11-12,16,18H,7-10,13-14H2,1H3. The predicted octanol–water partition coefficient (Wildman–Crippen LogP) is 4.79. The average Bonchev–Trinajstić information content (AvgIpc) is 2.72. The second-order valence-electron chi connectivity index (χ2n) is 6.97. The minimum atomic E-state index is -0.737. The lowest BCUT2D eigenvalue weighted by Gasteiger charge is -2.27. The van der Waals surface area contributed by atoms with Gasteiger partial charge in [0.05, 0.1) is 32.3 Å². The third-order valence-electron chi connectivity index (χ3n) is 4.97. The molecule has 2 aromatic rings. The molecule has 0 aliphatic heterocycles. The minimum Gasteiger partial charge on any atom is -0.487 e. The van der Waals surface area contributed by atoms with Crippen molar-refractivity contribution in [3.05, 3.63) is 65.2 Å². The van der Waals surface area contributed by atoms with E-state index in [2.05, 4.69) is 0 Å². The maximum absolute atomic E-state index is 14.2. The third-order valence-corrected chi connectivity index (χ3v) is 4.97. The van der Waals surface area contributed by atoms with Gasteiger partial charge in [-0.1, -0.05) is 30.3 Å². The van der Waals surface area contributed by atoms with Crippen molar-refractivity contribution in [2.45, 2.75) is 45.0 Å². The van der Waals surface area contributed by atoms with Gasteiger partial charge in [0.2, 0.25) is 0 Å². The summed E-state index contributed by atoms with van der Waals surface area (Å²) in [6, 6.07) is 11.7. The topological polar surface area (TPSA) is 44.8 Å². The van der Waals surface area contributed by atoms with Crippen LogP contribution in [0.5, 0.6) is 5.75 Å². The Morgan fingerprint density at radius 3 is 2.39 bits per heavy atom. The number of hydrogen-bond acceptors (Lipinski definition) is 4. The van der Waals surface area contributed by atoms with Crippen LogP contribution in [-0.2, 0) is 27.5 Å². The summed E-state index contributed by atoms with van der Waals surface area (Å²) in [6.45, 7) is 0.359. The van der Waals surface area contributed by atoms with E-state index < -0.39 is 11.6 Å². The van der Waals surface area contributed by atoms with Gasteiger partial charge in [0, 0.05) is 11.6 Å². The van der Waals surface area contributed by atoms with Crippen LogP contribution in [0, 0.1) is 17.6 Å². The fourth-order valence-electron chi connectivity index (χ4n) is 3.39. The first-order chi connectivity index (χ1) is 13.6. The molecular formula is C22H24F2O4. The molecule has 0 bridgehead atoms. The van der Waals surface area contributed by atoms with Crippen molar-refractivity contribution in [1.82, 2.24) is 0 Å². The van der Waals surface area contributed by atoms with Crippen LogP contribution in [0.1, 0.15) is 36.8 Å². The monoisotopic (exact) mass is 390 g/mol. The molecule has 0 radical (unpaired) electrons. The fraction of sp³-hybridized carbons (Fsp3) is 0.409. The first kappa shape index (κ1) is 20.3. The summed E-state index contributed by atoms with van der Waals surface area (Å²) in [7, 11) is 1.38. The van der Waals surface area contributed by atoms with E-state index in [4.69, 9.17) is 14.2 Å². The van der Waals surface area contributed by atoms with E-state index in [1.807, 2.05) is 30.3 Å². The predicted molar refractivity (Wildman–Crippen MR) is 99.7 cm³/mol. The van der Waals surface area contributed by atoms with Gasteiger partial charge < -0.3 is 14.2 Å². The zero-order valence-corrected chi connectivity index (χ0v) is 15.8. The Bertz CT molecular complexity index is 787. The van der Waals surface area contributed by atoms with Crippen LogP contribution < -0.4 is 4.74 Å². The molecule has 1 saturated carbocycles. The molecule has 0 amide bonds. The highest BCUT2D eigenvalue weighted by molar-refractivity contribution is 5.72. The molecule has 1 aliphatic rings. The summed E-state index contributed by atoms with van der Waals surface area (Å²) >= 11 is 0. The van der Waals surface area contributed by atoms with Crippen molar-refractivity contribution in [3.63, 3.8) is 0 Å². The van der Waals surface area contributed by atoms with Crippen molar-refractivity contribution in [1.29, 1.82) is 0 Å². The summed E-state index contributed by atoms with van der Waals surface area (Å²) in [6.07, 6.45) is 2.30. The number of halogens is 2. The van der Waals surface area contributed by atoms with Crippen LogP contribution in [0.15, 0.2) is 42.5 Å². The molecule has 0 heterocycles. The fourth-order valence-corrected chi connectivity index (χ4v) is 3.39. The van der Waals surface area contributed by atoms with Gasteiger partial charge in [0.1, 0.15) is 5.82 Å². The van der Waals surface area contributed by atoms with Crippen molar-refractivity contribution < 1.29 is 27.8 Å². The van der Waals surface area contributed by atoms with E-state index in [1.54, 1.807) is 0 Å². The van der Waals surface area contributed by atoms with Gasteiger partial charge in [-0.2, -0.15) is 0 Å². The van der Waals surface area contributed by atoms with E-state index in [-0.39, 0.29) is 35.9 Å². The lowest BCUT2D eigenvalue weighted by molar-refractivity contribution is -0.147. The molecule has 0 aromatic heterocycles. The van der Waals surface area contributed by atoms with Crippen molar-refractivity contribution in [2.75, 3.05) is 7.11 Å². The molecule has 0 saturated heterocycles. The van der Waals surface area contributed by atoms with Crippen LogP contribution >= 0.6 is 0 Å². The Hall–Kier alpha value is -2.47. The molecule has 3 rings (SSSR count). The van der Waals surface area contributed by atoms with Crippen LogP contribution in [-0.4, -0.2) is 19.2 Å². The number of benzene rings is 2. The molecule has 4 nitrogen and oxygen atoms in total. The first-order valence-corrected chi connectivity index (χ1v) is 9.41. The zero-order chi connectivity index (χ0) is 19.9. The molecule has 0 spiro atoms. The average molecular weight is 390 g/mol. The smallest absolute Gasteiger partial charge is 0.308 e. The molecule has 6 heteroatoms. The number of rotatable bonds is 7. The van der Waals surface area contributed by atoms with Gasteiger partial charge in [-0.05, 0) is 37.3 Å². The van der Waals surface area contributed by atoms with E-state index in [0.29, 0.717) is 32.3 Å². The van der Waals surface area contributed by atoms with Gasteiger partial charge >= 0.3 is 5.97 Å². The lowest BCUT2D eigenvalue weighted by atomic mass is 9.87. The van der Waals surface area contributed by atoms with Crippen molar-refractivity contribution in [3.8, 4) is 5.75 Å². The third kappa shape index (κ3) is 5.29. The molecule has 0 atom stereocenters. The number of methoxy groups -OCH3 is 1. The van der Waals surface area contributed by atoms with Crippen molar-refractivity contribution >= 4 is 5.97 Å². The number of carbonyl (C=O) groups is 1. The van der Waals surface area contributed by atoms with E-state index in [0.717, 1.165) is 11.6 Å². The van der Waals surface area contributed by atoms with E-state index in [1.165, 1.54) is 13.2 Å². The molecule has 1 aliphatic carbocycles. The second kappa shape index (κ2) is 9.64. The Labute approximate surface area is 163 Å². The normalized spacial score (nSPS) is 19.2. The summed E-state index contributed by atoms with van der Waals surface area (Å²) in [5, 5.41) is 0. The van der Waals surface area contributed by atoms with Gasteiger partial charge in [0.25, 0.3) is 0 Å². The molecule has 2 aromatic carbocycles. The largest absolute Gasteiger partial charge is 0.487 e. The second-order valence-corrected chi connectivity index (χ2v) is 6.97. The van der Waals surface area contributed by atoms with E-state index in [9.17, 15) is 13.6 Å². The number of ether oxygens (including phenoxy) is 3. The molecular weight excluding hydrogens is 366 g/mol. The van der Waals surface area contributed by atoms with Gasteiger partial charge in [-0.15, -0.1) is 0 Å². The summed E-state index contributed by atoms with van der Waals surface area (Å²) < 4.78 is 44.3. The Morgan fingerprint density at radius 1 is 1.00 bits per heavy atom. The minimum absolute atomic E-state index is 0.0150. The maximum Gasteiger partial charge on any atom is 0.308 e. The summed E-state index contributed by atoms with van der Waals surface area (Å²) in [5.74, 6) is -1.73. The van der Waals surface area contributed by atoms with Crippen LogP contribution in [0.4, 0.5) is 8.78 Å². The maximum atomic E-state index is 14.2. The quantitative estimate of drug-likeness (QED) is 0.638. The number of esters is 1. The van der Waals surface area contributed by atoms with Crippen LogP contribution in [0.25, 0.3) is 0 Å². The molecule has 0 N–H and O–H groups in total. The Balaban J connectivity index is 1.58. The summed E-state index contributed by atoms with van der Waals surface area (Å²) in [4.78, 5) is 11.6. The SMILES string of the molecule is COC(=O)C1CCC(Oc2cc(COCc3ccccc3)c(F)cc2F)CC1. The molecule has 150 valence electrons. The van der Waals surface area contributed by atoms with Gasteiger partial charge in [-0.3, -0.25) is 4.79 Å². The number of carbonyl (C=O) groups excluding carboxylic acids is 1. The highest BCUT2D eigenvalue weighted by Crippen LogP contribution is 2.30. The van der Waals surface area contributed by atoms with Gasteiger partial charge in [0.15, 0.2) is 11.6 Å². The lowest BCUT2D eigenvalue weighted by Crippen LogP contribution is -2.28. The van der Waals surface area contributed by atoms with Crippen molar-refractivity contribution in [2.24, 2.45) is 5.92 Å². The van der Waals surface area contributed by atoms with Crippen LogP contribution in [0.3, 0.4) is 0 Å². The highest BCUT2D eigenvalue weighted by Gasteiger charge is 2.28. The molecule has 28 heavy (non-hydrogen) atoms. The molecule has 0 unspecified atom stereocenters. The Morgan fingerprint density at radius 2 is 1.71 bits per heavy atom. The zero-order valence-electron chi connectivity index (χ0n) is 15.8. The summed E-state index contributed by atoms with van der Waals surface area (Å²) in [5.41, 5.74) is 1.22.